The number of amides is 2. The van der Waals surface area contributed by atoms with Gasteiger partial charge in [-0.25, -0.2) is 0 Å². The number of anilines is 1. The molecule has 3 aromatic rings. The van der Waals surface area contributed by atoms with Gasteiger partial charge in [-0.3, -0.25) is 9.59 Å². The highest BCUT2D eigenvalue weighted by atomic mass is 35.5. The number of carbonyl (C=O) groups excluding carboxylic acids is 2. The second-order valence-corrected chi connectivity index (χ2v) is 8.10. The average molecular weight is 439 g/mol. The molecule has 0 saturated carbocycles. The van der Waals surface area contributed by atoms with Crippen molar-refractivity contribution < 1.29 is 9.59 Å². The maximum Gasteiger partial charge on any atom is 0.258 e. The van der Waals surface area contributed by atoms with Gasteiger partial charge < -0.3 is 10.2 Å². The second-order valence-electron chi connectivity index (χ2n) is 7.23. The summed E-state index contributed by atoms with van der Waals surface area (Å²) in [5.74, 6) is -0.228. The van der Waals surface area contributed by atoms with Gasteiger partial charge in [-0.15, -0.1) is 0 Å². The molecule has 0 fully saturated rings. The fourth-order valence-electron chi connectivity index (χ4n) is 3.66. The Morgan fingerprint density at radius 2 is 1.60 bits per heavy atom. The molecular formula is C24H20Cl2N2O2. The van der Waals surface area contributed by atoms with Crippen molar-refractivity contribution in [1.82, 2.24) is 5.32 Å². The molecule has 6 heteroatoms. The van der Waals surface area contributed by atoms with E-state index >= 15 is 0 Å². The second kappa shape index (κ2) is 8.90. The highest BCUT2D eigenvalue weighted by Crippen LogP contribution is 2.30. The van der Waals surface area contributed by atoms with Crippen LogP contribution in [0.4, 0.5) is 5.69 Å². The van der Waals surface area contributed by atoms with Crippen LogP contribution in [0.25, 0.3) is 0 Å². The van der Waals surface area contributed by atoms with Crippen molar-refractivity contribution in [2.24, 2.45) is 0 Å². The lowest BCUT2D eigenvalue weighted by molar-refractivity contribution is 0.0949. The summed E-state index contributed by atoms with van der Waals surface area (Å²) in [7, 11) is 0. The molecule has 0 spiro atoms. The number of halogens is 2. The lowest BCUT2D eigenvalue weighted by Gasteiger charge is -2.30. The third-order valence-electron chi connectivity index (χ3n) is 5.12. The van der Waals surface area contributed by atoms with Crippen LogP contribution in [0.1, 0.15) is 38.3 Å². The number of rotatable bonds is 4. The molecule has 0 radical (unpaired) electrons. The number of carbonyl (C=O) groups is 2. The Kier molecular flexibility index (Phi) is 6.07. The van der Waals surface area contributed by atoms with Crippen LogP contribution in [0.2, 0.25) is 10.0 Å². The molecular weight excluding hydrogens is 419 g/mol. The summed E-state index contributed by atoms with van der Waals surface area (Å²) in [6.07, 6.45) is 1.78. The molecule has 1 aliphatic heterocycles. The zero-order chi connectivity index (χ0) is 21.1. The van der Waals surface area contributed by atoms with Gasteiger partial charge in [0.15, 0.2) is 0 Å². The van der Waals surface area contributed by atoms with E-state index in [0.29, 0.717) is 34.3 Å². The Morgan fingerprint density at radius 3 is 2.33 bits per heavy atom. The van der Waals surface area contributed by atoms with E-state index in [1.165, 1.54) is 0 Å². The molecule has 0 saturated heterocycles. The standard InChI is InChI=1S/C24H20Cl2N2O2/c25-20-7-1-4-18(13-20)23(29)27-15-16-9-10-22-17(12-16)6-3-11-28(22)24(30)19-5-2-8-21(26)14-19/h1-2,4-5,7-10,12-14H,3,6,11,15H2,(H,27,29). The highest BCUT2D eigenvalue weighted by molar-refractivity contribution is 6.31. The first-order valence-corrected chi connectivity index (χ1v) is 10.5. The lowest BCUT2D eigenvalue weighted by Crippen LogP contribution is -2.35. The molecule has 4 rings (SSSR count). The fraction of sp³-hybridized carbons (Fsp3) is 0.167. The summed E-state index contributed by atoms with van der Waals surface area (Å²) in [6.45, 7) is 1.07. The zero-order valence-corrected chi connectivity index (χ0v) is 17.7. The van der Waals surface area contributed by atoms with Gasteiger partial charge in [-0.05, 0) is 66.4 Å². The third kappa shape index (κ3) is 4.50. The van der Waals surface area contributed by atoms with Crippen LogP contribution in [0, 0.1) is 0 Å². The van der Waals surface area contributed by atoms with Crippen molar-refractivity contribution in [3.05, 3.63) is 99.0 Å². The maximum atomic E-state index is 13.0. The molecule has 30 heavy (non-hydrogen) atoms. The van der Waals surface area contributed by atoms with Crippen LogP contribution in [0.3, 0.4) is 0 Å². The molecule has 1 aliphatic rings. The molecule has 1 heterocycles. The van der Waals surface area contributed by atoms with E-state index in [0.717, 1.165) is 29.7 Å². The minimum Gasteiger partial charge on any atom is -0.348 e. The Balaban J connectivity index is 1.49. The first kappa shape index (κ1) is 20.5. The van der Waals surface area contributed by atoms with Gasteiger partial charge in [0, 0.05) is 39.9 Å². The predicted octanol–water partition coefficient (Wildman–Crippen LogP) is 5.52. The molecule has 0 bridgehead atoms. The Bertz CT molecular complexity index is 1110. The topological polar surface area (TPSA) is 49.4 Å². The quantitative estimate of drug-likeness (QED) is 0.582. The molecule has 0 aliphatic carbocycles. The summed E-state index contributed by atoms with van der Waals surface area (Å²) < 4.78 is 0. The van der Waals surface area contributed by atoms with Crippen LogP contribution in [0.5, 0.6) is 0 Å². The van der Waals surface area contributed by atoms with Crippen molar-refractivity contribution in [3.8, 4) is 0 Å². The van der Waals surface area contributed by atoms with Crippen LogP contribution in [-0.4, -0.2) is 18.4 Å². The van der Waals surface area contributed by atoms with Crippen LogP contribution >= 0.6 is 23.2 Å². The average Bonchev–Trinajstić information content (AvgIpc) is 2.76. The van der Waals surface area contributed by atoms with Gasteiger partial charge in [0.05, 0.1) is 0 Å². The SMILES string of the molecule is O=C(NCc1ccc2c(c1)CCCN2C(=O)c1cccc(Cl)c1)c1cccc(Cl)c1. The largest absolute Gasteiger partial charge is 0.348 e. The summed E-state index contributed by atoms with van der Waals surface area (Å²) >= 11 is 12.0. The van der Waals surface area contributed by atoms with E-state index in [1.807, 2.05) is 12.1 Å². The maximum absolute atomic E-state index is 13.0. The molecule has 0 aromatic heterocycles. The molecule has 1 N–H and O–H groups in total. The van der Waals surface area contributed by atoms with Gasteiger partial charge >= 0.3 is 0 Å². The summed E-state index contributed by atoms with van der Waals surface area (Å²) in [5, 5.41) is 4.00. The summed E-state index contributed by atoms with van der Waals surface area (Å²) in [5.41, 5.74) is 4.11. The van der Waals surface area contributed by atoms with E-state index < -0.39 is 0 Å². The molecule has 152 valence electrons. The summed E-state index contributed by atoms with van der Waals surface area (Å²) in [6, 6.07) is 19.8. The number of benzene rings is 3. The van der Waals surface area contributed by atoms with Crippen molar-refractivity contribution >= 4 is 40.7 Å². The zero-order valence-electron chi connectivity index (χ0n) is 16.2. The lowest BCUT2D eigenvalue weighted by atomic mass is 9.98. The minimum atomic E-state index is -0.173. The number of hydrogen-bond acceptors (Lipinski definition) is 2. The molecule has 0 unspecified atom stereocenters. The van der Waals surface area contributed by atoms with Crippen molar-refractivity contribution in [3.63, 3.8) is 0 Å². The van der Waals surface area contributed by atoms with Gasteiger partial charge in [-0.2, -0.15) is 0 Å². The minimum absolute atomic E-state index is 0.0551. The molecule has 4 nitrogen and oxygen atoms in total. The van der Waals surface area contributed by atoms with Crippen LogP contribution < -0.4 is 10.2 Å². The summed E-state index contributed by atoms with van der Waals surface area (Å²) in [4.78, 5) is 27.2. The number of nitrogens with zero attached hydrogens (tertiary/aromatic N) is 1. The van der Waals surface area contributed by atoms with E-state index in [2.05, 4.69) is 11.4 Å². The van der Waals surface area contributed by atoms with Crippen molar-refractivity contribution in [2.75, 3.05) is 11.4 Å². The first-order valence-electron chi connectivity index (χ1n) is 9.74. The fourth-order valence-corrected chi connectivity index (χ4v) is 4.04. The third-order valence-corrected chi connectivity index (χ3v) is 5.59. The van der Waals surface area contributed by atoms with E-state index in [4.69, 9.17) is 23.2 Å². The van der Waals surface area contributed by atoms with E-state index in [-0.39, 0.29) is 11.8 Å². The Hall–Kier alpha value is -2.82. The normalized spacial score (nSPS) is 12.9. The molecule has 0 atom stereocenters. The molecule has 2 amide bonds. The Morgan fingerprint density at radius 1 is 0.900 bits per heavy atom. The van der Waals surface area contributed by atoms with Gasteiger partial charge in [-0.1, -0.05) is 47.5 Å². The van der Waals surface area contributed by atoms with Crippen molar-refractivity contribution in [1.29, 1.82) is 0 Å². The van der Waals surface area contributed by atoms with Gasteiger partial charge in [0.1, 0.15) is 0 Å². The van der Waals surface area contributed by atoms with Crippen molar-refractivity contribution in [2.45, 2.75) is 19.4 Å². The van der Waals surface area contributed by atoms with E-state index in [1.54, 1.807) is 53.4 Å². The first-order chi connectivity index (χ1) is 14.5. The number of aryl methyl sites for hydroxylation is 1. The number of nitrogens with one attached hydrogen (secondary N) is 1. The van der Waals surface area contributed by atoms with Gasteiger partial charge in [0.25, 0.3) is 11.8 Å². The van der Waals surface area contributed by atoms with Crippen LogP contribution in [-0.2, 0) is 13.0 Å². The number of fused-ring (bicyclic) bond motifs is 1. The molecule has 3 aromatic carbocycles. The van der Waals surface area contributed by atoms with Gasteiger partial charge in [0.2, 0.25) is 0 Å². The van der Waals surface area contributed by atoms with Crippen LogP contribution in [0.15, 0.2) is 66.7 Å². The predicted molar refractivity (Wildman–Crippen MR) is 121 cm³/mol. The Labute approximate surface area is 185 Å². The monoisotopic (exact) mass is 438 g/mol. The van der Waals surface area contributed by atoms with E-state index in [9.17, 15) is 9.59 Å². The number of hydrogen-bond donors (Lipinski definition) is 1. The smallest absolute Gasteiger partial charge is 0.258 e. The highest BCUT2D eigenvalue weighted by Gasteiger charge is 2.24.